The largest absolute Gasteiger partial charge is 0.484 e. The smallest absolute Gasteiger partial charge is 0.257 e. The van der Waals surface area contributed by atoms with Crippen LogP contribution in [0, 0.1) is 0 Å². The van der Waals surface area contributed by atoms with Crippen molar-refractivity contribution in [1.82, 2.24) is 15.5 Å². The molecule has 1 aromatic heterocycles. The molecule has 0 aliphatic carbocycles. The topological polar surface area (TPSA) is 77.2 Å². The highest BCUT2D eigenvalue weighted by Gasteiger charge is 2.05. The van der Waals surface area contributed by atoms with Crippen molar-refractivity contribution in [2.24, 2.45) is 0 Å². The van der Waals surface area contributed by atoms with E-state index in [1.54, 1.807) is 12.1 Å². The van der Waals surface area contributed by atoms with Crippen LogP contribution >= 0.6 is 0 Å². The van der Waals surface area contributed by atoms with Gasteiger partial charge in [0.25, 0.3) is 5.91 Å². The van der Waals surface area contributed by atoms with Crippen molar-refractivity contribution in [2.45, 2.75) is 26.2 Å². The zero-order chi connectivity index (χ0) is 14.9. The van der Waals surface area contributed by atoms with Crippen LogP contribution in [-0.4, -0.2) is 29.3 Å². The number of nitrogens with one attached hydrogen (secondary N) is 1. The number of carbonyl (C=O) groups excluding carboxylic acids is 1. The Morgan fingerprint density at radius 2 is 2.10 bits per heavy atom. The van der Waals surface area contributed by atoms with Gasteiger partial charge in [0.2, 0.25) is 12.3 Å². The van der Waals surface area contributed by atoms with E-state index < -0.39 is 0 Å². The third-order valence-corrected chi connectivity index (χ3v) is 2.93. The second-order valence-electron chi connectivity index (χ2n) is 4.61. The van der Waals surface area contributed by atoms with E-state index in [2.05, 4.69) is 22.4 Å². The molecule has 1 heterocycles. The molecule has 0 atom stereocenters. The fourth-order valence-corrected chi connectivity index (χ4v) is 1.80. The van der Waals surface area contributed by atoms with Crippen LogP contribution in [0.25, 0.3) is 11.5 Å². The number of ether oxygens (including phenoxy) is 1. The minimum absolute atomic E-state index is 0.0199. The van der Waals surface area contributed by atoms with E-state index in [1.807, 2.05) is 12.1 Å². The van der Waals surface area contributed by atoms with Gasteiger partial charge in [0.05, 0.1) is 0 Å². The van der Waals surface area contributed by atoms with Gasteiger partial charge in [-0.25, -0.2) is 0 Å². The van der Waals surface area contributed by atoms with Crippen molar-refractivity contribution in [3.8, 4) is 17.2 Å². The van der Waals surface area contributed by atoms with Gasteiger partial charge in [0.15, 0.2) is 6.61 Å². The molecule has 0 bridgehead atoms. The number of unbranched alkanes of at least 4 members (excludes halogenated alkanes) is 2. The van der Waals surface area contributed by atoms with Crippen molar-refractivity contribution in [2.75, 3.05) is 13.2 Å². The van der Waals surface area contributed by atoms with E-state index in [0.717, 1.165) is 24.8 Å². The standard InChI is InChI=1S/C15H19N3O3/c1-2-3-4-9-16-14(19)10-20-13-7-5-12(6-8-13)15-18-17-11-21-15/h5-8,11H,2-4,9-10H2,1H3,(H,16,19). The Kier molecular flexibility index (Phi) is 5.75. The SMILES string of the molecule is CCCCCNC(=O)COc1ccc(-c2nnco2)cc1. The molecule has 0 saturated heterocycles. The van der Waals surface area contributed by atoms with Gasteiger partial charge in [-0.05, 0) is 30.7 Å². The van der Waals surface area contributed by atoms with E-state index in [4.69, 9.17) is 9.15 Å². The highest BCUT2D eigenvalue weighted by molar-refractivity contribution is 5.77. The molecular weight excluding hydrogens is 270 g/mol. The van der Waals surface area contributed by atoms with Crippen molar-refractivity contribution >= 4 is 5.91 Å². The number of carbonyl (C=O) groups is 1. The monoisotopic (exact) mass is 289 g/mol. The maximum atomic E-state index is 11.6. The van der Waals surface area contributed by atoms with Gasteiger partial charge >= 0.3 is 0 Å². The van der Waals surface area contributed by atoms with E-state index in [1.165, 1.54) is 6.39 Å². The van der Waals surface area contributed by atoms with Gasteiger partial charge in [0.1, 0.15) is 5.75 Å². The van der Waals surface area contributed by atoms with Crippen molar-refractivity contribution in [1.29, 1.82) is 0 Å². The minimum atomic E-state index is -0.105. The Hall–Kier alpha value is -2.37. The van der Waals surface area contributed by atoms with Crippen LogP contribution in [0.3, 0.4) is 0 Å². The Balaban J connectivity index is 1.75. The van der Waals surface area contributed by atoms with E-state index in [9.17, 15) is 4.79 Å². The lowest BCUT2D eigenvalue weighted by Gasteiger charge is -2.07. The normalized spacial score (nSPS) is 10.3. The lowest BCUT2D eigenvalue weighted by Crippen LogP contribution is -2.29. The number of hydrogen-bond donors (Lipinski definition) is 1. The summed E-state index contributed by atoms with van der Waals surface area (Å²) in [5.41, 5.74) is 0.809. The van der Waals surface area contributed by atoms with Crippen molar-refractivity contribution in [3.05, 3.63) is 30.7 Å². The first-order valence-electron chi connectivity index (χ1n) is 7.05. The lowest BCUT2D eigenvalue weighted by atomic mass is 10.2. The molecule has 0 unspecified atom stereocenters. The Morgan fingerprint density at radius 3 is 2.76 bits per heavy atom. The summed E-state index contributed by atoms with van der Waals surface area (Å²) < 4.78 is 10.5. The fraction of sp³-hybridized carbons (Fsp3) is 0.400. The molecule has 0 spiro atoms. The number of aromatic nitrogens is 2. The molecule has 1 aromatic carbocycles. The first kappa shape index (κ1) is 15.0. The molecule has 1 N–H and O–H groups in total. The third-order valence-electron chi connectivity index (χ3n) is 2.93. The molecule has 6 heteroatoms. The van der Waals surface area contributed by atoms with Crippen LogP contribution < -0.4 is 10.1 Å². The van der Waals surface area contributed by atoms with Crippen molar-refractivity contribution < 1.29 is 13.9 Å². The first-order chi connectivity index (χ1) is 10.3. The quantitative estimate of drug-likeness (QED) is 0.755. The van der Waals surface area contributed by atoms with Crippen LogP contribution in [0.4, 0.5) is 0 Å². The number of nitrogens with zero attached hydrogens (tertiary/aromatic N) is 2. The average Bonchev–Trinajstić information content (AvgIpc) is 3.04. The number of rotatable bonds is 8. The van der Waals surface area contributed by atoms with Gasteiger partial charge in [-0.1, -0.05) is 19.8 Å². The molecule has 6 nitrogen and oxygen atoms in total. The maximum absolute atomic E-state index is 11.6. The van der Waals surface area contributed by atoms with Gasteiger partial charge in [-0.2, -0.15) is 0 Å². The van der Waals surface area contributed by atoms with Crippen LogP contribution in [-0.2, 0) is 4.79 Å². The zero-order valence-corrected chi connectivity index (χ0v) is 12.0. The lowest BCUT2D eigenvalue weighted by molar-refractivity contribution is -0.123. The zero-order valence-electron chi connectivity index (χ0n) is 12.0. The summed E-state index contributed by atoms with van der Waals surface area (Å²) in [7, 11) is 0. The Bertz CT molecular complexity index is 538. The predicted molar refractivity (Wildman–Crippen MR) is 77.8 cm³/mol. The summed E-state index contributed by atoms with van der Waals surface area (Å²) >= 11 is 0. The molecule has 0 saturated carbocycles. The summed E-state index contributed by atoms with van der Waals surface area (Å²) in [6, 6.07) is 7.15. The van der Waals surface area contributed by atoms with Gasteiger partial charge in [-0.3, -0.25) is 4.79 Å². The summed E-state index contributed by atoms with van der Waals surface area (Å²) in [6.45, 7) is 2.85. The number of benzene rings is 1. The minimum Gasteiger partial charge on any atom is -0.484 e. The molecular formula is C15H19N3O3. The maximum Gasteiger partial charge on any atom is 0.257 e. The van der Waals surface area contributed by atoms with Gasteiger partial charge in [-0.15, -0.1) is 10.2 Å². The average molecular weight is 289 g/mol. The summed E-state index contributed by atoms with van der Waals surface area (Å²) in [5.74, 6) is 0.976. The summed E-state index contributed by atoms with van der Waals surface area (Å²) in [4.78, 5) is 11.6. The fourth-order valence-electron chi connectivity index (χ4n) is 1.80. The number of amides is 1. The van der Waals surface area contributed by atoms with Crippen molar-refractivity contribution in [3.63, 3.8) is 0 Å². The predicted octanol–water partition coefficient (Wildman–Crippen LogP) is 2.42. The molecule has 21 heavy (non-hydrogen) atoms. The second-order valence-corrected chi connectivity index (χ2v) is 4.61. The molecule has 0 aliphatic heterocycles. The molecule has 0 radical (unpaired) electrons. The van der Waals surface area contributed by atoms with E-state index >= 15 is 0 Å². The first-order valence-corrected chi connectivity index (χ1v) is 7.05. The van der Waals surface area contributed by atoms with Gasteiger partial charge < -0.3 is 14.5 Å². The van der Waals surface area contributed by atoms with Crippen LogP contribution in [0.15, 0.2) is 35.1 Å². The number of hydrogen-bond acceptors (Lipinski definition) is 5. The highest BCUT2D eigenvalue weighted by Crippen LogP contribution is 2.19. The highest BCUT2D eigenvalue weighted by atomic mass is 16.5. The van der Waals surface area contributed by atoms with E-state index in [-0.39, 0.29) is 12.5 Å². The molecule has 2 rings (SSSR count). The van der Waals surface area contributed by atoms with Gasteiger partial charge in [0, 0.05) is 12.1 Å². The second kappa shape index (κ2) is 8.04. The molecule has 1 amide bonds. The summed E-state index contributed by atoms with van der Waals surface area (Å²) in [6.07, 6.45) is 4.54. The molecule has 0 fully saturated rings. The Morgan fingerprint density at radius 1 is 1.29 bits per heavy atom. The third kappa shape index (κ3) is 4.91. The molecule has 0 aliphatic rings. The Labute approximate surface area is 123 Å². The van der Waals surface area contributed by atoms with Crippen LogP contribution in [0.2, 0.25) is 0 Å². The molecule has 112 valence electrons. The van der Waals surface area contributed by atoms with Crippen LogP contribution in [0.5, 0.6) is 5.75 Å². The summed E-state index contributed by atoms with van der Waals surface area (Å²) in [5, 5.41) is 10.3. The van der Waals surface area contributed by atoms with E-state index in [0.29, 0.717) is 18.2 Å². The molecule has 2 aromatic rings. The van der Waals surface area contributed by atoms with Crippen LogP contribution in [0.1, 0.15) is 26.2 Å².